The molecule has 7 nitrogen and oxygen atoms in total. The van der Waals surface area contributed by atoms with E-state index in [0.717, 1.165) is 21.5 Å². The fourth-order valence-electron chi connectivity index (χ4n) is 2.95. The lowest BCUT2D eigenvalue weighted by atomic mass is 10.1. The van der Waals surface area contributed by atoms with Gasteiger partial charge in [-0.2, -0.15) is 0 Å². The van der Waals surface area contributed by atoms with E-state index in [1.165, 1.54) is 11.3 Å². The molecule has 0 aliphatic rings. The standard InChI is InChI=1S/C22H19N5O2S/c1-13-6-8-16(14(2)11-13)24-20(28)15-7-9-17-18(12-15)30-22(25-17)27-21(29)26-19-5-3-4-10-23-19/h3-12H,1-2H3,(H,24,28)(H2,23,25,26,27,29). The van der Waals surface area contributed by atoms with Crippen molar-refractivity contribution < 1.29 is 9.59 Å². The number of aromatic nitrogens is 2. The summed E-state index contributed by atoms with van der Waals surface area (Å²) in [4.78, 5) is 33.2. The molecule has 150 valence electrons. The quantitative estimate of drug-likeness (QED) is 0.425. The van der Waals surface area contributed by atoms with Crippen LogP contribution in [0.15, 0.2) is 60.8 Å². The molecule has 8 heteroatoms. The second kappa shape index (κ2) is 8.30. The number of urea groups is 1. The summed E-state index contributed by atoms with van der Waals surface area (Å²) in [5.74, 6) is 0.251. The van der Waals surface area contributed by atoms with Crippen LogP contribution in [0.2, 0.25) is 0 Å². The van der Waals surface area contributed by atoms with E-state index in [9.17, 15) is 9.59 Å². The fourth-order valence-corrected chi connectivity index (χ4v) is 3.85. The van der Waals surface area contributed by atoms with Gasteiger partial charge in [0.15, 0.2) is 5.13 Å². The van der Waals surface area contributed by atoms with Crippen LogP contribution in [0.3, 0.4) is 0 Å². The van der Waals surface area contributed by atoms with Crippen molar-refractivity contribution in [2.24, 2.45) is 0 Å². The number of fused-ring (bicyclic) bond motifs is 1. The lowest BCUT2D eigenvalue weighted by Crippen LogP contribution is -2.19. The van der Waals surface area contributed by atoms with E-state index in [1.54, 1.807) is 42.6 Å². The van der Waals surface area contributed by atoms with Crippen LogP contribution in [0.1, 0.15) is 21.5 Å². The van der Waals surface area contributed by atoms with Crippen molar-refractivity contribution >= 4 is 50.1 Å². The molecule has 0 spiro atoms. The highest BCUT2D eigenvalue weighted by Crippen LogP contribution is 2.27. The SMILES string of the molecule is Cc1ccc(NC(=O)c2ccc3nc(NC(=O)Nc4ccccn4)sc3c2)c(C)c1. The highest BCUT2D eigenvalue weighted by molar-refractivity contribution is 7.22. The Labute approximate surface area is 177 Å². The normalized spacial score (nSPS) is 10.6. The number of rotatable bonds is 4. The van der Waals surface area contributed by atoms with Crippen molar-refractivity contribution in [3.8, 4) is 0 Å². The van der Waals surface area contributed by atoms with E-state index in [4.69, 9.17) is 0 Å². The van der Waals surface area contributed by atoms with Crippen molar-refractivity contribution in [3.05, 3.63) is 77.5 Å². The predicted octanol–water partition coefficient (Wildman–Crippen LogP) is 5.20. The number of carbonyl (C=O) groups is 2. The van der Waals surface area contributed by atoms with Crippen LogP contribution in [0.4, 0.5) is 21.4 Å². The van der Waals surface area contributed by atoms with Crippen LogP contribution >= 0.6 is 11.3 Å². The molecule has 2 aromatic heterocycles. The molecule has 0 saturated carbocycles. The van der Waals surface area contributed by atoms with Crippen molar-refractivity contribution in [2.75, 3.05) is 16.0 Å². The van der Waals surface area contributed by atoms with Gasteiger partial charge in [0.25, 0.3) is 5.91 Å². The van der Waals surface area contributed by atoms with Crippen molar-refractivity contribution in [1.29, 1.82) is 0 Å². The molecule has 3 N–H and O–H groups in total. The van der Waals surface area contributed by atoms with Crippen LogP contribution < -0.4 is 16.0 Å². The second-order valence-corrected chi connectivity index (χ2v) is 7.80. The van der Waals surface area contributed by atoms with Crippen LogP contribution in [-0.4, -0.2) is 21.9 Å². The monoisotopic (exact) mass is 417 g/mol. The first-order valence-electron chi connectivity index (χ1n) is 9.26. The highest BCUT2D eigenvalue weighted by Gasteiger charge is 2.12. The smallest absolute Gasteiger partial charge is 0.322 e. The summed E-state index contributed by atoms with van der Waals surface area (Å²) in [6.45, 7) is 3.97. The summed E-state index contributed by atoms with van der Waals surface area (Å²) in [6.07, 6.45) is 1.60. The molecule has 0 aliphatic carbocycles. The van der Waals surface area contributed by atoms with Crippen molar-refractivity contribution in [2.45, 2.75) is 13.8 Å². The van der Waals surface area contributed by atoms with E-state index in [0.29, 0.717) is 22.0 Å². The summed E-state index contributed by atoms with van der Waals surface area (Å²) < 4.78 is 0.802. The van der Waals surface area contributed by atoms with Gasteiger partial charge in [0.1, 0.15) is 5.82 Å². The highest BCUT2D eigenvalue weighted by atomic mass is 32.1. The second-order valence-electron chi connectivity index (χ2n) is 6.77. The number of hydrogen-bond donors (Lipinski definition) is 3. The zero-order valence-electron chi connectivity index (χ0n) is 16.4. The van der Waals surface area contributed by atoms with E-state index in [2.05, 4.69) is 25.9 Å². The summed E-state index contributed by atoms with van der Waals surface area (Å²) in [5.41, 5.74) is 4.16. The lowest BCUT2D eigenvalue weighted by Gasteiger charge is -2.09. The first-order valence-corrected chi connectivity index (χ1v) is 10.1. The Morgan fingerprint density at radius 3 is 2.57 bits per heavy atom. The predicted molar refractivity (Wildman–Crippen MR) is 120 cm³/mol. The molecule has 0 atom stereocenters. The Balaban J connectivity index is 1.48. The third-order valence-corrected chi connectivity index (χ3v) is 5.34. The summed E-state index contributed by atoms with van der Waals surface area (Å²) in [7, 11) is 0. The summed E-state index contributed by atoms with van der Waals surface area (Å²) >= 11 is 1.30. The third kappa shape index (κ3) is 4.44. The number of amides is 3. The topological polar surface area (TPSA) is 96.0 Å². The molecule has 0 radical (unpaired) electrons. The Morgan fingerprint density at radius 2 is 1.80 bits per heavy atom. The first-order chi connectivity index (χ1) is 14.5. The Bertz CT molecular complexity index is 1240. The number of hydrogen-bond acceptors (Lipinski definition) is 5. The molecule has 0 aliphatic heterocycles. The minimum Gasteiger partial charge on any atom is -0.322 e. The number of carbonyl (C=O) groups excluding carboxylic acids is 2. The summed E-state index contributed by atoms with van der Waals surface area (Å²) in [5, 5.41) is 8.72. The molecule has 0 saturated heterocycles. The number of aryl methyl sites for hydroxylation is 2. The maximum Gasteiger partial charge on any atom is 0.326 e. The number of pyridine rings is 1. The fraction of sp³-hybridized carbons (Fsp3) is 0.0909. The van der Waals surface area contributed by atoms with Gasteiger partial charge in [-0.25, -0.2) is 14.8 Å². The van der Waals surface area contributed by atoms with Gasteiger partial charge in [-0.15, -0.1) is 0 Å². The Hall–Kier alpha value is -3.78. The molecule has 0 fully saturated rings. The van der Waals surface area contributed by atoms with Gasteiger partial charge >= 0.3 is 6.03 Å². The average molecular weight is 417 g/mol. The first kappa shape index (κ1) is 19.5. The van der Waals surface area contributed by atoms with Crippen molar-refractivity contribution in [3.63, 3.8) is 0 Å². The van der Waals surface area contributed by atoms with E-state index < -0.39 is 6.03 Å². The van der Waals surface area contributed by atoms with Gasteiger partial charge < -0.3 is 5.32 Å². The molecular weight excluding hydrogens is 398 g/mol. The molecule has 3 amide bonds. The Kier molecular flexibility index (Phi) is 5.40. The number of anilines is 3. The molecule has 0 bridgehead atoms. The van der Waals surface area contributed by atoms with E-state index in [-0.39, 0.29) is 5.91 Å². The van der Waals surface area contributed by atoms with Gasteiger partial charge in [0, 0.05) is 17.4 Å². The largest absolute Gasteiger partial charge is 0.326 e. The van der Waals surface area contributed by atoms with E-state index in [1.807, 2.05) is 32.0 Å². The van der Waals surface area contributed by atoms with Gasteiger partial charge in [-0.3, -0.25) is 15.4 Å². The molecule has 2 aromatic carbocycles. The third-order valence-electron chi connectivity index (χ3n) is 4.41. The lowest BCUT2D eigenvalue weighted by molar-refractivity contribution is 0.102. The zero-order valence-corrected chi connectivity index (χ0v) is 17.2. The minimum absolute atomic E-state index is 0.195. The van der Waals surface area contributed by atoms with Gasteiger partial charge in [-0.1, -0.05) is 35.1 Å². The number of thiazole rings is 1. The zero-order chi connectivity index (χ0) is 21.1. The van der Waals surface area contributed by atoms with E-state index >= 15 is 0 Å². The number of benzene rings is 2. The van der Waals surface area contributed by atoms with Gasteiger partial charge in [-0.05, 0) is 55.8 Å². The number of nitrogens with one attached hydrogen (secondary N) is 3. The summed E-state index contributed by atoms with van der Waals surface area (Å²) in [6, 6.07) is 16.0. The molecule has 2 heterocycles. The van der Waals surface area contributed by atoms with Crippen LogP contribution in [0, 0.1) is 13.8 Å². The minimum atomic E-state index is -0.430. The maximum absolute atomic E-state index is 12.7. The molecule has 4 rings (SSSR count). The maximum atomic E-state index is 12.7. The molecule has 4 aromatic rings. The van der Waals surface area contributed by atoms with Gasteiger partial charge in [0.05, 0.1) is 10.2 Å². The van der Waals surface area contributed by atoms with Gasteiger partial charge in [0.2, 0.25) is 0 Å². The van der Waals surface area contributed by atoms with Crippen LogP contribution in [0.5, 0.6) is 0 Å². The Morgan fingerprint density at radius 1 is 0.933 bits per heavy atom. The number of nitrogens with zero attached hydrogens (tertiary/aromatic N) is 2. The van der Waals surface area contributed by atoms with Crippen molar-refractivity contribution in [1.82, 2.24) is 9.97 Å². The molecule has 0 unspecified atom stereocenters. The molecular formula is C22H19N5O2S. The van der Waals surface area contributed by atoms with Crippen LogP contribution in [0.25, 0.3) is 10.2 Å². The average Bonchev–Trinajstić information content (AvgIpc) is 3.12. The molecule has 30 heavy (non-hydrogen) atoms. The van der Waals surface area contributed by atoms with Crippen LogP contribution in [-0.2, 0) is 0 Å².